The van der Waals surface area contributed by atoms with E-state index in [0.29, 0.717) is 32.5 Å². The van der Waals surface area contributed by atoms with Crippen molar-refractivity contribution < 1.29 is 14.7 Å². The highest BCUT2D eigenvalue weighted by Crippen LogP contribution is 2.29. The number of aromatic nitrogens is 2. The van der Waals surface area contributed by atoms with Gasteiger partial charge in [0, 0.05) is 52.3 Å². The average molecular weight is 347 g/mol. The quantitative estimate of drug-likeness (QED) is 0.819. The number of β-amino-alcohol motifs (C(OH)–C–C–N with tert-alkyl or cyclic N) is 1. The van der Waals surface area contributed by atoms with E-state index < -0.39 is 5.60 Å². The fraction of sp³-hybridized carbons (Fsp3) is 0.706. The molecule has 0 bridgehead atoms. The Labute approximate surface area is 147 Å². The van der Waals surface area contributed by atoms with Crippen molar-refractivity contribution in [2.45, 2.75) is 37.8 Å². The molecular formula is C17H25N5O3. The Kier molecular flexibility index (Phi) is 4.04. The second-order valence-corrected chi connectivity index (χ2v) is 7.59. The third-order valence-corrected chi connectivity index (χ3v) is 5.58. The van der Waals surface area contributed by atoms with Crippen LogP contribution in [0.25, 0.3) is 0 Å². The summed E-state index contributed by atoms with van der Waals surface area (Å²) >= 11 is 0. The molecule has 0 saturated carbocycles. The molecule has 0 aromatic carbocycles. The lowest BCUT2D eigenvalue weighted by atomic mass is 9.99. The number of carbonyl (C=O) groups is 2. The third-order valence-electron chi connectivity index (χ3n) is 5.58. The molecule has 1 N–H and O–H groups in total. The maximum atomic E-state index is 11.8. The van der Waals surface area contributed by atoms with Crippen LogP contribution in [0.5, 0.6) is 0 Å². The molecule has 8 nitrogen and oxygen atoms in total. The highest BCUT2D eigenvalue weighted by Gasteiger charge is 2.41. The number of amides is 2. The number of nitrogens with zero attached hydrogens (tertiary/aromatic N) is 5. The number of hydrogen-bond acceptors (Lipinski definition) is 5. The molecule has 0 aliphatic carbocycles. The van der Waals surface area contributed by atoms with Gasteiger partial charge in [-0.25, -0.2) is 0 Å². The van der Waals surface area contributed by atoms with Crippen molar-refractivity contribution in [2.24, 2.45) is 0 Å². The van der Waals surface area contributed by atoms with Crippen molar-refractivity contribution in [1.82, 2.24) is 19.6 Å². The van der Waals surface area contributed by atoms with Gasteiger partial charge in [0.1, 0.15) is 0 Å². The summed E-state index contributed by atoms with van der Waals surface area (Å²) in [5.41, 5.74) is 0.0842. The maximum absolute atomic E-state index is 11.8. The Morgan fingerprint density at radius 3 is 2.84 bits per heavy atom. The van der Waals surface area contributed by atoms with Crippen LogP contribution in [0, 0.1) is 0 Å². The lowest BCUT2D eigenvalue weighted by molar-refractivity contribution is -0.129. The van der Waals surface area contributed by atoms with Gasteiger partial charge in [-0.1, -0.05) is 0 Å². The summed E-state index contributed by atoms with van der Waals surface area (Å²) in [4.78, 5) is 29.0. The largest absolute Gasteiger partial charge is 0.387 e. The Balaban J connectivity index is 1.30. The molecule has 1 aromatic heterocycles. The second kappa shape index (κ2) is 6.10. The number of carbonyl (C=O) groups excluding carboxylic acids is 2. The summed E-state index contributed by atoms with van der Waals surface area (Å²) in [7, 11) is 0. The molecule has 3 aliphatic heterocycles. The van der Waals surface area contributed by atoms with E-state index in [1.807, 2.05) is 10.9 Å². The lowest BCUT2D eigenvalue weighted by Gasteiger charge is -2.42. The van der Waals surface area contributed by atoms with Crippen molar-refractivity contribution in [2.75, 3.05) is 44.2 Å². The first kappa shape index (κ1) is 16.5. The minimum atomic E-state index is -0.798. The summed E-state index contributed by atoms with van der Waals surface area (Å²) in [6.07, 6.45) is 5.89. The molecule has 2 amide bonds. The first-order valence-corrected chi connectivity index (χ1v) is 8.98. The first-order chi connectivity index (χ1) is 11.9. The number of anilines is 1. The minimum Gasteiger partial charge on any atom is -0.387 e. The van der Waals surface area contributed by atoms with Gasteiger partial charge < -0.3 is 14.9 Å². The number of hydrogen-bond donors (Lipinski definition) is 1. The van der Waals surface area contributed by atoms with Crippen molar-refractivity contribution >= 4 is 17.5 Å². The number of rotatable bonds is 4. The van der Waals surface area contributed by atoms with Gasteiger partial charge in [-0.2, -0.15) is 5.10 Å². The molecule has 136 valence electrons. The van der Waals surface area contributed by atoms with E-state index in [9.17, 15) is 14.7 Å². The van der Waals surface area contributed by atoms with Crippen LogP contribution < -0.4 is 4.90 Å². The van der Waals surface area contributed by atoms with Crippen LogP contribution in [0.4, 0.5) is 5.69 Å². The van der Waals surface area contributed by atoms with Crippen molar-refractivity contribution in [3.63, 3.8) is 0 Å². The summed E-state index contributed by atoms with van der Waals surface area (Å²) in [6.45, 7) is 5.63. The fourth-order valence-electron chi connectivity index (χ4n) is 4.10. The molecule has 3 aliphatic rings. The zero-order valence-corrected chi connectivity index (χ0v) is 14.6. The van der Waals surface area contributed by atoms with Crippen LogP contribution in [-0.4, -0.2) is 81.4 Å². The minimum absolute atomic E-state index is 0.0259. The maximum Gasteiger partial charge on any atom is 0.227 e. The topological polar surface area (TPSA) is 81.9 Å². The molecule has 4 heterocycles. The van der Waals surface area contributed by atoms with E-state index in [0.717, 1.165) is 31.7 Å². The summed E-state index contributed by atoms with van der Waals surface area (Å²) in [5, 5.41) is 15.1. The molecule has 1 atom stereocenters. The number of aliphatic hydroxyl groups is 1. The van der Waals surface area contributed by atoms with E-state index in [-0.39, 0.29) is 17.9 Å². The Morgan fingerprint density at radius 2 is 2.20 bits per heavy atom. The molecule has 4 rings (SSSR count). The zero-order chi connectivity index (χ0) is 17.6. The molecule has 3 saturated heterocycles. The summed E-state index contributed by atoms with van der Waals surface area (Å²) < 4.78 is 1.93. The molecule has 3 fully saturated rings. The highest BCUT2D eigenvalue weighted by molar-refractivity contribution is 5.95. The molecule has 1 unspecified atom stereocenters. The van der Waals surface area contributed by atoms with Crippen LogP contribution in [0.1, 0.15) is 32.2 Å². The molecule has 25 heavy (non-hydrogen) atoms. The smallest absolute Gasteiger partial charge is 0.227 e. The van der Waals surface area contributed by atoms with E-state index in [4.69, 9.17) is 0 Å². The van der Waals surface area contributed by atoms with Crippen LogP contribution in [0.3, 0.4) is 0 Å². The van der Waals surface area contributed by atoms with Gasteiger partial charge in [-0.3, -0.25) is 19.2 Å². The summed E-state index contributed by atoms with van der Waals surface area (Å²) in [5.74, 6) is 0.200. The van der Waals surface area contributed by atoms with Crippen LogP contribution in [0.15, 0.2) is 12.4 Å². The third kappa shape index (κ3) is 3.16. The van der Waals surface area contributed by atoms with Crippen molar-refractivity contribution in [1.29, 1.82) is 0 Å². The van der Waals surface area contributed by atoms with Crippen molar-refractivity contribution in [3.05, 3.63) is 12.4 Å². The SMILES string of the molecule is CC(=O)N1CCC(O)(CN2CC(n3cc(N4CCCC4=O)cn3)C2)C1. The van der Waals surface area contributed by atoms with Gasteiger partial charge in [0.2, 0.25) is 11.8 Å². The van der Waals surface area contributed by atoms with Crippen LogP contribution in [0.2, 0.25) is 0 Å². The normalized spacial score (nSPS) is 28.0. The Hall–Kier alpha value is -1.93. The van der Waals surface area contributed by atoms with E-state index in [2.05, 4.69) is 10.00 Å². The Morgan fingerprint density at radius 1 is 1.40 bits per heavy atom. The van der Waals surface area contributed by atoms with E-state index >= 15 is 0 Å². The lowest BCUT2D eigenvalue weighted by Crippen LogP contribution is -2.55. The molecule has 8 heteroatoms. The van der Waals surface area contributed by atoms with E-state index in [1.54, 1.807) is 22.9 Å². The molecular weight excluding hydrogens is 322 g/mol. The van der Waals surface area contributed by atoms with Crippen molar-refractivity contribution in [3.8, 4) is 0 Å². The Bertz CT molecular complexity index is 684. The van der Waals surface area contributed by atoms with Gasteiger partial charge in [0.05, 0.1) is 30.1 Å². The average Bonchev–Trinajstić information content (AvgIpc) is 3.22. The monoisotopic (exact) mass is 347 g/mol. The highest BCUT2D eigenvalue weighted by atomic mass is 16.3. The molecule has 0 spiro atoms. The molecule has 1 aromatic rings. The van der Waals surface area contributed by atoms with Gasteiger partial charge >= 0.3 is 0 Å². The van der Waals surface area contributed by atoms with Gasteiger partial charge in [-0.15, -0.1) is 0 Å². The summed E-state index contributed by atoms with van der Waals surface area (Å²) in [6, 6.07) is 0.278. The molecule has 0 radical (unpaired) electrons. The van der Waals surface area contributed by atoms with Crippen LogP contribution in [-0.2, 0) is 9.59 Å². The first-order valence-electron chi connectivity index (χ1n) is 8.98. The predicted molar refractivity (Wildman–Crippen MR) is 91.1 cm³/mol. The number of likely N-dealkylation sites (tertiary alicyclic amines) is 2. The van der Waals surface area contributed by atoms with Gasteiger partial charge in [0.15, 0.2) is 0 Å². The van der Waals surface area contributed by atoms with E-state index in [1.165, 1.54) is 0 Å². The second-order valence-electron chi connectivity index (χ2n) is 7.59. The zero-order valence-electron chi connectivity index (χ0n) is 14.6. The van der Waals surface area contributed by atoms with Gasteiger partial charge in [-0.05, 0) is 12.8 Å². The fourth-order valence-corrected chi connectivity index (χ4v) is 4.10. The van der Waals surface area contributed by atoms with Crippen LogP contribution >= 0.6 is 0 Å². The standard InChI is InChI=1S/C17H25N5O3/c1-13(23)20-6-4-17(25,12-20)11-19-8-15(9-19)22-10-14(7-18-22)21-5-2-3-16(21)24/h7,10,15,25H,2-6,8-9,11-12H2,1H3. The van der Waals surface area contributed by atoms with Gasteiger partial charge in [0.25, 0.3) is 0 Å². The predicted octanol–water partition coefficient (Wildman–Crippen LogP) is -0.150.